The normalized spacial score (nSPS) is 20.7. The number of hydrogen-bond donors (Lipinski definition) is 0. The number of carbonyl (C=O) groups is 2. The minimum Gasteiger partial charge on any atom is -0.463 e. The average Bonchev–Trinajstić information content (AvgIpc) is 2.73. The van der Waals surface area contributed by atoms with Crippen molar-refractivity contribution < 1.29 is 18.7 Å². The van der Waals surface area contributed by atoms with Crippen molar-refractivity contribution in [2.75, 3.05) is 6.61 Å². The molecule has 0 heterocycles. The Balaban J connectivity index is 2.55. The van der Waals surface area contributed by atoms with Crippen molar-refractivity contribution in [2.45, 2.75) is 25.9 Å². The van der Waals surface area contributed by atoms with Crippen LogP contribution in [0.25, 0.3) is 6.08 Å². The zero-order valence-corrected chi connectivity index (χ0v) is 10.9. The van der Waals surface area contributed by atoms with Crippen molar-refractivity contribution in [3.8, 4) is 0 Å². The summed E-state index contributed by atoms with van der Waals surface area (Å²) in [6.07, 6.45) is 1.42. The molecule has 3 nitrogen and oxygen atoms in total. The predicted molar refractivity (Wildman–Crippen MR) is 69.1 cm³/mol. The van der Waals surface area contributed by atoms with Crippen LogP contribution in [0.1, 0.15) is 31.4 Å². The van der Waals surface area contributed by atoms with Crippen LogP contribution in [0, 0.1) is 0 Å². The van der Waals surface area contributed by atoms with Gasteiger partial charge in [-0.25, -0.2) is 9.18 Å². The van der Waals surface area contributed by atoms with E-state index in [1.54, 1.807) is 32.0 Å². The molecule has 0 aliphatic heterocycles. The molecule has 1 aliphatic rings. The highest BCUT2D eigenvalue weighted by molar-refractivity contribution is 6.09. The molecule has 1 aromatic rings. The Labute approximate surface area is 111 Å². The lowest BCUT2D eigenvalue weighted by molar-refractivity contribution is -0.143. The second-order valence-corrected chi connectivity index (χ2v) is 4.30. The molecular weight excluding hydrogens is 247 g/mol. The van der Waals surface area contributed by atoms with Crippen LogP contribution < -0.4 is 0 Å². The maximum atomic E-state index is 15.2. The first-order valence-corrected chi connectivity index (χ1v) is 6.26. The fourth-order valence-electron chi connectivity index (χ4n) is 2.29. The van der Waals surface area contributed by atoms with Crippen LogP contribution in [0.4, 0.5) is 4.39 Å². The molecule has 4 heteroatoms. The van der Waals surface area contributed by atoms with E-state index in [2.05, 4.69) is 0 Å². The van der Waals surface area contributed by atoms with Gasteiger partial charge in [-0.1, -0.05) is 31.2 Å². The molecule has 1 atom stereocenters. The minimum atomic E-state index is -2.38. The standard InChI is InChI=1S/C15H15FO3/c1-3-13(17)15(16)11-8-6-5-7-10(11)9-12(15)14(18)19-4-2/h5-9H,3-4H2,1-2H3. The summed E-state index contributed by atoms with van der Waals surface area (Å²) in [5.74, 6) is -1.40. The number of ketones is 1. The molecule has 100 valence electrons. The maximum Gasteiger partial charge on any atom is 0.338 e. The number of ether oxygens (including phenoxy) is 1. The van der Waals surface area contributed by atoms with Gasteiger partial charge in [0.1, 0.15) is 0 Å². The number of benzene rings is 1. The van der Waals surface area contributed by atoms with Gasteiger partial charge < -0.3 is 4.74 Å². The lowest BCUT2D eigenvalue weighted by Crippen LogP contribution is -2.34. The van der Waals surface area contributed by atoms with E-state index in [1.807, 2.05) is 0 Å². The monoisotopic (exact) mass is 262 g/mol. The van der Waals surface area contributed by atoms with Gasteiger partial charge in [0.2, 0.25) is 5.67 Å². The van der Waals surface area contributed by atoms with E-state index in [4.69, 9.17) is 4.74 Å². The number of halogens is 1. The number of fused-ring (bicyclic) bond motifs is 1. The van der Waals surface area contributed by atoms with Crippen LogP contribution in [-0.2, 0) is 20.0 Å². The first-order chi connectivity index (χ1) is 9.05. The second kappa shape index (κ2) is 4.96. The minimum absolute atomic E-state index is 0.0155. The summed E-state index contributed by atoms with van der Waals surface area (Å²) in [7, 11) is 0. The molecule has 0 fully saturated rings. The average molecular weight is 262 g/mol. The van der Waals surface area contributed by atoms with Crippen LogP contribution in [0.2, 0.25) is 0 Å². The zero-order chi connectivity index (χ0) is 14.0. The summed E-state index contributed by atoms with van der Waals surface area (Å²) < 4.78 is 20.1. The fourth-order valence-corrected chi connectivity index (χ4v) is 2.29. The van der Waals surface area contributed by atoms with Gasteiger partial charge in [-0.2, -0.15) is 0 Å². The highest BCUT2D eigenvalue weighted by Crippen LogP contribution is 2.45. The van der Waals surface area contributed by atoms with Crippen molar-refractivity contribution in [3.63, 3.8) is 0 Å². The molecule has 0 spiro atoms. The van der Waals surface area contributed by atoms with E-state index in [0.717, 1.165) is 0 Å². The molecule has 19 heavy (non-hydrogen) atoms. The third kappa shape index (κ3) is 1.97. The first-order valence-electron chi connectivity index (χ1n) is 6.26. The van der Waals surface area contributed by atoms with Gasteiger partial charge in [0.25, 0.3) is 0 Å². The number of esters is 1. The van der Waals surface area contributed by atoms with Crippen molar-refractivity contribution >= 4 is 17.8 Å². The van der Waals surface area contributed by atoms with Crippen LogP contribution in [0.15, 0.2) is 29.8 Å². The van der Waals surface area contributed by atoms with Gasteiger partial charge in [-0.3, -0.25) is 4.79 Å². The van der Waals surface area contributed by atoms with Crippen molar-refractivity contribution in [3.05, 3.63) is 41.0 Å². The third-order valence-corrected chi connectivity index (χ3v) is 3.20. The molecule has 1 aliphatic carbocycles. The van der Waals surface area contributed by atoms with Crippen molar-refractivity contribution in [2.24, 2.45) is 0 Å². The highest BCUT2D eigenvalue weighted by atomic mass is 19.1. The van der Waals surface area contributed by atoms with E-state index in [0.29, 0.717) is 5.56 Å². The predicted octanol–water partition coefficient (Wildman–Crippen LogP) is 2.79. The Morgan fingerprint density at radius 2 is 1.95 bits per heavy atom. The smallest absolute Gasteiger partial charge is 0.338 e. The lowest BCUT2D eigenvalue weighted by atomic mass is 9.87. The van der Waals surface area contributed by atoms with Gasteiger partial charge in [0, 0.05) is 12.0 Å². The Morgan fingerprint density at radius 3 is 2.58 bits per heavy atom. The molecule has 0 aromatic heterocycles. The van der Waals surface area contributed by atoms with Gasteiger partial charge in [-0.15, -0.1) is 0 Å². The van der Waals surface area contributed by atoms with Crippen LogP contribution in [0.3, 0.4) is 0 Å². The Kier molecular flexibility index (Phi) is 3.51. The molecule has 0 saturated carbocycles. The molecule has 1 unspecified atom stereocenters. The van der Waals surface area contributed by atoms with Gasteiger partial charge >= 0.3 is 5.97 Å². The zero-order valence-electron chi connectivity index (χ0n) is 10.9. The van der Waals surface area contributed by atoms with E-state index >= 15 is 4.39 Å². The number of rotatable bonds is 4. The highest BCUT2D eigenvalue weighted by Gasteiger charge is 2.50. The summed E-state index contributed by atoms with van der Waals surface area (Å²) in [5.41, 5.74) is -1.82. The SMILES string of the molecule is CCOC(=O)C1=Cc2ccccc2C1(F)C(=O)CC. The Bertz CT molecular complexity index is 562. The second-order valence-electron chi connectivity index (χ2n) is 4.30. The summed E-state index contributed by atoms with van der Waals surface area (Å²) in [6, 6.07) is 6.60. The third-order valence-electron chi connectivity index (χ3n) is 3.20. The van der Waals surface area contributed by atoms with Crippen molar-refractivity contribution in [1.82, 2.24) is 0 Å². The molecule has 0 radical (unpaired) electrons. The number of Topliss-reactive ketones (excluding diaryl/α,β-unsaturated/α-hetero) is 1. The summed E-state index contributed by atoms with van der Waals surface area (Å²) >= 11 is 0. The quantitative estimate of drug-likeness (QED) is 0.784. The maximum absolute atomic E-state index is 15.2. The summed E-state index contributed by atoms with van der Waals surface area (Å²) in [4.78, 5) is 23.9. The molecule has 0 bridgehead atoms. The molecule has 0 amide bonds. The fraction of sp³-hybridized carbons (Fsp3) is 0.333. The number of hydrogen-bond acceptors (Lipinski definition) is 3. The molecule has 0 N–H and O–H groups in total. The Hall–Kier alpha value is -1.97. The van der Waals surface area contributed by atoms with Crippen LogP contribution in [0.5, 0.6) is 0 Å². The van der Waals surface area contributed by atoms with E-state index in [9.17, 15) is 9.59 Å². The van der Waals surface area contributed by atoms with Gasteiger partial charge in [0.15, 0.2) is 5.78 Å². The van der Waals surface area contributed by atoms with E-state index in [-0.39, 0.29) is 24.2 Å². The largest absolute Gasteiger partial charge is 0.463 e. The first kappa shape index (κ1) is 13.5. The van der Waals surface area contributed by atoms with Crippen LogP contribution in [-0.4, -0.2) is 18.4 Å². The van der Waals surface area contributed by atoms with E-state index < -0.39 is 17.4 Å². The number of carbonyl (C=O) groups excluding carboxylic acids is 2. The van der Waals surface area contributed by atoms with Crippen LogP contribution >= 0.6 is 0 Å². The summed E-state index contributed by atoms with van der Waals surface area (Å²) in [5, 5.41) is 0. The molecule has 1 aromatic carbocycles. The number of alkyl halides is 1. The lowest BCUT2D eigenvalue weighted by Gasteiger charge is -2.22. The topological polar surface area (TPSA) is 43.4 Å². The van der Waals surface area contributed by atoms with Crippen molar-refractivity contribution in [1.29, 1.82) is 0 Å². The van der Waals surface area contributed by atoms with E-state index in [1.165, 1.54) is 12.1 Å². The van der Waals surface area contributed by atoms with Gasteiger partial charge in [0.05, 0.1) is 12.2 Å². The molecule has 2 rings (SSSR count). The molecule has 0 saturated heterocycles. The Morgan fingerprint density at radius 1 is 1.26 bits per heavy atom. The van der Waals surface area contributed by atoms with Gasteiger partial charge in [-0.05, 0) is 18.6 Å². The molecular formula is C15H15FO3. The summed E-state index contributed by atoms with van der Waals surface area (Å²) in [6.45, 7) is 3.36.